The number of carbonyl (C=O) groups excluding carboxylic acids is 1. The molecule has 0 atom stereocenters. The Labute approximate surface area is 141 Å². The van der Waals surface area contributed by atoms with Gasteiger partial charge in [-0.3, -0.25) is 9.98 Å². The Hall–Kier alpha value is -2.83. The first kappa shape index (κ1) is 17.5. The molecular formula is C17H22N4O3. The minimum atomic E-state index is -0.402. The molecule has 2 aromatic heterocycles. The van der Waals surface area contributed by atoms with Gasteiger partial charge in [0.25, 0.3) is 0 Å². The second kappa shape index (κ2) is 8.71. The average molecular weight is 330 g/mol. The molecule has 2 rings (SSSR count). The lowest BCUT2D eigenvalue weighted by Gasteiger charge is -2.10. The first-order valence-corrected chi connectivity index (χ1v) is 7.66. The molecule has 7 nitrogen and oxygen atoms in total. The number of aromatic nitrogens is 1. The van der Waals surface area contributed by atoms with Crippen LogP contribution in [0.25, 0.3) is 0 Å². The van der Waals surface area contributed by atoms with Gasteiger partial charge in [0, 0.05) is 31.9 Å². The van der Waals surface area contributed by atoms with Crippen molar-refractivity contribution in [3.63, 3.8) is 0 Å². The van der Waals surface area contributed by atoms with Gasteiger partial charge in [-0.05, 0) is 25.1 Å². The predicted molar refractivity (Wildman–Crippen MR) is 90.9 cm³/mol. The number of hydrogen-bond donors (Lipinski definition) is 2. The van der Waals surface area contributed by atoms with Crippen molar-refractivity contribution in [1.82, 2.24) is 15.6 Å². The predicted octanol–water partition coefficient (Wildman–Crippen LogP) is 1.68. The van der Waals surface area contributed by atoms with Crippen molar-refractivity contribution in [2.75, 3.05) is 20.7 Å². The van der Waals surface area contributed by atoms with Crippen LogP contribution >= 0.6 is 0 Å². The fourth-order valence-corrected chi connectivity index (χ4v) is 2.19. The number of aryl methyl sites for hydroxylation is 1. The lowest BCUT2D eigenvalue weighted by Crippen LogP contribution is -2.37. The number of nitrogens with one attached hydrogen (secondary N) is 2. The molecule has 0 aliphatic heterocycles. The number of ether oxygens (including phenoxy) is 1. The van der Waals surface area contributed by atoms with Gasteiger partial charge in [-0.2, -0.15) is 0 Å². The van der Waals surface area contributed by atoms with E-state index in [2.05, 4.69) is 20.6 Å². The van der Waals surface area contributed by atoms with Crippen molar-refractivity contribution in [2.24, 2.45) is 4.99 Å². The minimum absolute atomic E-state index is 0.402. The van der Waals surface area contributed by atoms with Crippen molar-refractivity contribution in [1.29, 1.82) is 0 Å². The third kappa shape index (κ3) is 4.84. The molecule has 0 saturated heterocycles. The zero-order valence-electron chi connectivity index (χ0n) is 14.1. The Morgan fingerprint density at radius 2 is 2.21 bits per heavy atom. The molecule has 0 spiro atoms. The fourth-order valence-electron chi connectivity index (χ4n) is 2.19. The van der Waals surface area contributed by atoms with Crippen LogP contribution in [0.1, 0.15) is 27.6 Å². The standard InChI is InChI=1S/C17H22N4O3/c1-12-15(16(22)23-3)10-14(24-12)11-21-17(18-2)20-9-7-13-6-4-5-8-19-13/h4-6,8,10H,7,9,11H2,1-3H3,(H2,18,20,21). The van der Waals surface area contributed by atoms with Crippen LogP contribution in [-0.2, 0) is 17.7 Å². The molecule has 24 heavy (non-hydrogen) atoms. The number of furan rings is 1. The largest absolute Gasteiger partial charge is 0.465 e. The van der Waals surface area contributed by atoms with Crippen LogP contribution in [0.2, 0.25) is 0 Å². The number of esters is 1. The van der Waals surface area contributed by atoms with Crippen LogP contribution in [0, 0.1) is 6.92 Å². The molecule has 7 heteroatoms. The lowest BCUT2D eigenvalue weighted by atomic mass is 10.2. The van der Waals surface area contributed by atoms with E-state index in [-0.39, 0.29) is 0 Å². The summed E-state index contributed by atoms with van der Waals surface area (Å²) < 4.78 is 10.3. The van der Waals surface area contributed by atoms with Gasteiger partial charge in [-0.15, -0.1) is 0 Å². The van der Waals surface area contributed by atoms with E-state index in [0.29, 0.717) is 36.1 Å². The van der Waals surface area contributed by atoms with Crippen LogP contribution < -0.4 is 10.6 Å². The zero-order chi connectivity index (χ0) is 17.4. The Bertz CT molecular complexity index is 695. The van der Waals surface area contributed by atoms with Gasteiger partial charge in [-0.25, -0.2) is 4.79 Å². The average Bonchev–Trinajstić information content (AvgIpc) is 2.99. The summed E-state index contributed by atoms with van der Waals surface area (Å²) in [4.78, 5) is 20.0. The number of hydrogen-bond acceptors (Lipinski definition) is 5. The molecule has 0 aliphatic rings. The number of carbonyl (C=O) groups is 1. The molecule has 2 heterocycles. The molecule has 0 radical (unpaired) electrons. The summed E-state index contributed by atoms with van der Waals surface area (Å²) >= 11 is 0. The Kier molecular flexibility index (Phi) is 6.36. The van der Waals surface area contributed by atoms with Crippen LogP contribution in [0.4, 0.5) is 0 Å². The molecule has 0 unspecified atom stereocenters. The topological polar surface area (TPSA) is 88.8 Å². The molecule has 0 amide bonds. The van der Waals surface area contributed by atoms with Crippen molar-refractivity contribution in [2.45, 2.75) is 19.9 Å². The summed E-state index contributed by atoms with van der Waals surface area (Å²) in [6.45, 7) is 2.86. The highest BCUT2D eigenvalue weighted by Gasteiger charge is 2.15. The summed E-state index contributed by atoms with van der Waals surface area (Å²) in [5.74, 6) is 1.43. The van der Waals surface area contributed by atoms with E-state index in [4.69, 9.17) is 9.15 Å². The van der Waals surface area contributed by atoms with Gasteiger partial charge in [0.2, 0.25) is 0 Å². The zero-order valence-corrected chi connectivity index (χ0v) is 14.1. The van der Waals surface area contributed by atoms with E-state index < -0.39 is 5.97 Å². The highest BCUT2D eigenvalue weighted by Crippen LogP contribution is 2.15. The van der Waals surface area contributed by atoms with Gasteiger partial charge in [-0.1, -0.05) is 6.07 Å². The van der Waals surface area contributed by atoms with Gasteiger partial charge in [0.05, 0.1) is 13.7 Å². The summed E-state index contributed by atoms with van der Waals surface area (Å²) in [6.07, 6.45) is 2.58. The third-order valence-corrected chi connectivity index (χ3v) is 3.43. The van der Waals surface area contributed by atoms with Crippen molar-refractivity contribution >= 4 is 11.9 Å². The van der Waals surface area contributed by atoms with Crippen molar-refractivity contribution < 1.29 is 13.9 Å². The molecule has 0 fully saturated rings. The number of guanidine groups is 1. The van der Waals surface area contributed by atoms with E-state index in [1.807, 2.05) is 18.2 Å². The first-order chi connectivity index (χ1) is 11.6. The minimum Gasteiger partial charge on any atom is -0.465 e. The second-order valence-electron chi connectivity index (χ2n) is 5.10. The number of nitrogens with zero attached hydrogens (tertiary/aromatic N) is 2. The first-order valence-electron chi connectivity index (χ1n) is 7.66. The van der Waals surface area contributed by atoms with Crippen LogP contribution in [0.15, 0.2) is 39.9 Å². The molecule has 0 aliphatic carbocycles. The van der Waals surface area contributed by atoms with Crippen molar-refractivity contribution in [3.05, 3.63) is 53.2 Å². The van der Waals surface area contributed by atoms with Crippen LogP contribution in [0.5, 0.6) is 0 Å². The number of rotatable bonds is 6. The SMILES string of the molecule is CN=C(NCCc1ccccn1)NCc1cc(C(=O)OC)c(C)o1. The van der Waals surface area contributed by atoms with Gasteiger partial charge in [0.15, 0.2) is 5.96 Å². The second-order valence-corrected chi connectivity index (χ2v) is 5.10. The Morgan fingerprint density at radius 1 is 1.38 bits per heavy atom. The quantitative estimate of drug-likeness (QED) is 0.476. The van der Waals surface area contributed by atoms with E-state index >= 15 is 0 Å². The highest BCUT2D eigenvalue weighted by molar-refractivity contribution is 5.90. The third-order valence-electron chi connectivity index (χ3n) is 3.43. The molecule has 128 valence electrons. The number of pyridine rings is 1. The molecule has 0 aromatic carbocycles. The number of aliphatic imine (C=N–C) groups is 1. The fraction of sp³-hybridized carbons (Fsp3) is 0.353. The Morgan fingerprint density at radius 3 is 2.88 bits per heavy atom. The summed E-state index contributed by atoms with van der Waals surface area (Å²) in [6, 6.07) is 7.52. The molecule has 0 saturated carbocycles. The number of methoxy groups -OCH3 is 1. The van der Waals surface area contributed by atoms with E-state index in [1.54, 1.807) is 26.2 Å². The van der Waals surface area contributed by atoms with Gasteiger partial charge >= 0.3 is 5.97 Å². The molecular weight excluding hydrogens is 308 g/mol. The summed E-state index contributed by atoms with van der Waals surface area (Å²) in [5, 5.41) is 6.35. The monoisotopic (exact) mass is 330 g/mol. The normalized spacial score (nSPS) is 11.2. The van der Waals surface area contributed by atoms with Crippen LogP contribution in [0.3, 0.4) is 0 Å². The van der Waals surface area contributed by atoms with E-state index in [1.165, 1.54) is 7.11 Å². The lowest BCUT2D eigenvalue weighted by molar-refractivity contribution is 0.0599. The van der Waals surface area contributed by atoms with Gasteiger partial charge in [0.1, 0.15) is 17.1 Å². The maximum absolute atomic E-state index is 11.6. The summed E-state index contributed by atoms with van der Waals surface area (Å²) in [7, 11) is 3.05. The van der Waals surface area contributed by atoms with E-state index in [9.17, 15) is 4.79 Å². The molecule has 2 aromatic rings. The smallest absolute Gasteiger partial charge is 0.341 e. The van der Waals surface area contributed by atoms with E-state index in [0.717, 1.165) is 12.1 Å². The van der Waals surface area contributed by atoms with Crippen molar-refractivity contribution in [3.8, 4) is 0 Å². The molecule has 2 N–H and O–H groups in total. The van der Waals surface area contributed by atoms with Gasteiger partial charge < -0.3 is 19.8 Å². The van der Waals surface area contributed by atoms with Crippen LogP contribution in [-0.4, -0.2) is 37.6 Å². The maximum Gasteiger partial charge on any atom is 0.341 e. The maximum atomic E-state index is 11.6. The Balaban J connectivity index is 1.82. The highest BCUT2D eigenvalue weighted by atomic mass is 16.5. The molecule has 0 bridgehead atoms. The summed E-state index contributed by atoms with van der Waals surface area (Å²) in [5.41, 5.74) is 1.46.